The number of aliphatic hydroxyl groups excluding tert-OH is 1. The molecule has 3 unspecified atom stereocenters. The Labute approximate surface area is 310 Å². The average molecular weight is 729 g/mol. The minimum Gasteiger partial charge on any atom is -0.387 e. The third-order valence-electron chi connectivity index (χ3n) is 7.32. The van der Waals surface area contributed by atoms with Crippen molar-refractivity contribution in [2.45, 2.75) is 129 Å². The van der Waals surface area contributed by atoms with Crippen LogP contribution in [-0.4, -0.2) is 47.8 Å². The van der Waals surface area contributed by atoms with E-state index in [9.17, 15) is 19.4 Å². The minimum absolute atomic E-state index is 0.0538. The van der Waals surface area contributed by atoms with Crippen LogP contribution in [0.1, 0.15) is 117 Å². The van der Waals surface area contributed by atoms with Crippen LogP contribution in [0.4, 0.5) is 0 Å². The van der Waals surface area contributed by atoms with Crippen molar-refractivity contribution in [2.24, 2.45) is 5.73 Å². The number of allylic oxidation sites excluding steroid dienone is 17. The van der Waals surface area contributed by atoms with Crippen LogP contribution in [0.2, 0.25) is 0 Å². The van der Waals surface area contributed by atoms with Gasteiger partial charge < -0.3 is 21.1 Å². The summed E-state index contributed by atoms with van der Waals surface area (Å²) in [7, 11) is -4.37. The average Bonchev–Trinajstić information content (AvgIpc) is 3.12. The Morgan fingerprint density at radius 1 is 0.667 bits per heavy atom. The van der Waals surface area contributed by atoms with Crippen molar-refractivity contribution in [2.75, 3.05) is 19.8 Å². The fraction of sp³-hybridized carbons (Fsp3) is 0.548. The Kier molecular flexibility index (Phi) is 34.9. The van der Waals surface area contributed by atoms with E-state index in [0.29, 0.717) is 12.8 Å². The number of carbonyl (C=O) groups excluding carboxylic acids is 1. The van der Waals surface area contributed by atoms with E-state index in [-0.39, 0.29) is 25.5 Å². The van der Waals surface area contributed by atoms with E-state index in [1.165, 1.54) is 19.3 Å². The van der Waals surface area contributed by atoms with Crippen molar-refractivity contribution in [1.82, 2.24) is 5.32 Å². The summed E-state index contributed by atoms with van der Waals surface area (Å²) in [5.41, 5.74) is 5.34. The number of carbonyl (C=O) groups is 1. The molecule has 0 bridgehead atoms. The first kappa shape index (κ1) is 48.2. The molecule has 0 saturated heterocycles. The van der Waals surface area contributed by atoms with E-state index in [4.69, 9.17) is 14.8 Å². The van der Waals surface area contributed by atoms with Gasteiger partial charge in [0.15, 0.2) is 0 Å². The third-order valence-corrected chi connectivity index (χ3v) is 8.31. The quantitative estimate of drug-likeness (QED) is 0.0301. The van der Waals surface area contributed by atoms with Gasteiger partial charge in [-0.15, -0.1) is 0 Å². The number of unbranched alkanes of at least 4 members (excludes halogenated alkanes) is 5. The molecule has 8 nitrogen and oxygen atoms in total. The number of amides is 1. The van der Waals surface area contributed by atoms with Gasteiger partial charge in [-0.25, -0.2) is 4.57 Å². The SMILES string of the molecule is CC/C=C\C/C=C\C/C=C\C/C=C\C/C=C\C/C=C\CCC(=O)NC(COP(=O)(O)OCCN)C(O)/C=C/CC/C=C/CC/C=C/CCCCC. The van der Waals surface area contributed by atoms with Crippen molar-refractivity contribution in [3.05, 3.63) is 109 Å². The third kappa shape index (κ3) is 35.4. The first-order valence-corrected chi connectivity index (χ1v) is 20.5. The van der Waals surface area contributed by atoms with Crippen LogP contribution in [0, 0.1) is 0 Å². The van der Waals surface area contributed by atoms with Gasteiger partial charge in [0.25, 0.3) is 0 Å². The largest absolute Gasteiger partial charge is 0.472 e. The van der Waals surface area contributed by atoms with Crippen molar-refractivity contribution in [3.63, 3.8) is 0 Å². The first-order valence-electron chi connectivity index (χ1n) is 19.0. The van der Waals surface area contributed by atoms with Gasteiger partial charge in [0.05, 0.1) is 25.4 Å². The second kappa shape index (κ2) is 36.9. The second-order valence-electron chi connectivity index (χ2n) is 12.0. The highest BCUT2D eigenvalue weighted by Gasteiger charge is 2.26. The van der Waals surface area contributed by atoms with Crippen molar-refractivity contribution in [3.8, 4) is 0 Å². The predicted octanol–water partition coefficient (Wildman–Crippen LogP) is 10.2. The summed E-state index contributed by atoms with van der Waals surface area (Å²) < 4.78 is 22.0. The Hall–Kier alpha value is -2.84. The molecule has 0 heterocycles. The fourth-order valence-electron chi connectivity index (χ4n) is 4.48. The lowest BCUT2D eigenvalue weighted by molar-refractivity contribution is -0.122. The summed E-state index contributed by atoms with van der Waals surface area (Å²) in [5, 5.41) is 13.5. The van der Waals surface area contributed by atoms with Crippen LogP contribution in [0.25, 0.3) is 0 Å². The molecule has 51 heavy (non-hydrogen) atoms. The molecular weight excluding hydrogens is 659 g/mol. The second-order valence-corrected chi connectivity index (χ2v) is 13.5. The molecule has 1 amide bonds. The summed E-state index contributed by atoms with van der Waals surface area (Å²) in [6.07, 6.45) is 51.5. The lowest BCUT2D eigenvalue weighted by Crippen LogP contribution is -2.45. The van der Waals surface area contributed by atoms with Crippen LogP contribution in [-0.2, 0) is 18.4 Å². The maximum atomic E-state index is 12.7. The molecule has 0 fully saturated rings. The molecule has 9 heteroatoms. The van der Waals surface area contributed by atoms with Crippen LogP contribution < -0.4 is 11.1 Å². The first-order chi connectivity index (χ1) is 24.9. The monoisotopic (exact) mass is 728 g/mol. The van der Waals surface area contributed by atoms with Crippen molar-refractivity contribution >= 4 is 13.7 Å². The molecule has 0 saturated carbocycles. The van der Waals surface area contributed by atoms with Gasteiger partial charge in [-0.05, 0) is 83.5 Å². The van der Waals surface area contributed by atoms with Crippen molar-refractivity contribution < 1.29 is 28.4 Å². The minimum atomic E-state index is -4.37. The molecule has 288 valence electrons. The summed E-state index contributed by atoms with van der Waals surface area (Å²) >= 11 is 0. The maximum absolute atomic E-state index is 12.7. The molecule has 0 aliphatic carbocycles. The molecule has 0 aromatic carbocycles. The standard InChI is InChI=1S/C42H69N2O6P/c1-3-5-7-9-11-13-15-17-18-19-20-21-22-24-26-28-30-32-34-36-42(46)44-40(39-50-51(47,48)49-38-37-43)41(45)35-33-31-29-27-25-23-16-14-12-10-8-6-4-2/h5,7,11-14,17-18,20-21,24-27,30,32-33,35,40-41,45H,3-4,6,8-10,15-16,19,22-23,28-29,31,34,36-39,43H2,1-2H3,(H,44,46)(H,47,48)/b7-5-,13-11-,14-12+,18-17-,21-20-,26-24-,27-25+,32-30-,35-33+. The van der Waals surface area contributed by atoms with Gasteiger partial charge in [0, 0.05) is 13.0 Å². The number of hydrogen-bond donors (Lipinski definition) is 4. The van der Waals surface area contributed by atoms with E-state index >= 15 is 0 Å². The maximum Gasteiger partial charge on any atom is 0.472 e. The number of phosphoric acid groups is 1. The highest BCUT2D eigenvalue weighted by Crippen LogP contribution is 2.43. The molecule has 0 radical (unpaired) electrons. The van der Waals surface area contributed by atoms with Crippen molar-refractivity contribution in [1.29, 1.82) is 0 Å². The summed E-state index contributed by atoms with van der Waals surface area (Å²) in [6.45, 7) is 3.85. The topological polar surface area (TPSA) is 131 Å². The Morgan fingerprint density at radius 3 is 1.65 bits per heavy atom. The molecule has 0 aromatic heterocycles. The Bertz CT molecular complexity index is 1150. The molecule has 0 aliphatic heterocycles. The van der Waals surface area contributed by atoms with Crippen LogP contribution in [0.5, 0.6) is 0 Å². The predicted molar refractivity (Wildman–Crippen MR) is 216 cm³/mol. The van der Waals surface area contributed by atoms with Gasteiger partial charge in [-0.1, -0.05) is 136 Å². The smallest absolute Gasteiger partial charge is 0.387 e. The van der Waals surface area contributed by atoms with E-state index in [0.717, 1.165) is 64.2 Å². The molecule has 3 atom stereocenters. The molecular formula is C42H69N2O6P. The zero-order valence-electron chi connectivity index (χ0n) is 31.5. The van der Waals surface area contributed by atoms with Crippen LogP contribution >= 0.6 is 7.82 Å². The Balaban J connectivity index is 4.54. The van der Waals surface area contributed by atoms with Gasteiger partial charge >= 0.3 is 7.82 Å². The molecule has 0 rings (SSSR count). The van der Waals surface area contributed by atoms with E-state index < -0.39 is 26.6 Å². The molecule has 0 aromatic rings. The number of rotatable bonds is 33. The number of aliphatic hydroxyl groups is 1. The van der Waals surface area contributed by atoms with E-state index in [2.05, 4.69) is 104 Å². The van der Waals surface area contributed by atoms with E-state index in [1.807, 2.05) is 18.2 Å². The summed E-state index contributed by atoms with van der Waals surface area (Å²) in [5.74, 6) is -0.298. The normalized spacial score (nSPS) is 15.5. The zero-order chi connectivity index (χ0) is 37.5. The number of nitrogens with one attached hydrogen (secondary N) is 1. The van der Waals surface area contributed by atoms with Gasteiger partial charge in [-0.3, -0.25) is 13.8 Å². The molecule has 0 aliphatic rings. The molecule has 0 spiro atoms. The van der Waals surface area contributed by atoms with Crippen LogP contribution in [0.3, 0.4) is 0 Å². The number of phosphoric ester groups is 1. The number of nitrogens with two attached hydrogens (primary N) is 1. The lowest BCUT2D eigenvalue weighted by Gasteiger charge is -2.23. The fourth-order valence-corrected chi connectivity index (χ4v) is 5.24. The Morgan fingerprint density at radius 2 is 1.14 bits per heavy atom. The zero-order valence-corrected chi connectivity index (χ0v) is 32.4. The van der Waals surface area contributed by atoms with Gasteiger partial charge in [0.1, 0.15) is 0 Å². The van der Waals surface area contributed by atoms with Crippen LogP contribution in [0.15, 0.2) is 109 Å². The highest BCUT2D eigenvalue weighted by atomic mass is 31.2. The van der Waals surface area contributed by atoms with E-state index in [1.54, 1.807) is 6.08 Å². The highest BCUT2D eigenvalue weighted by molar-refractivity contribution is 7.47. The van der Waals surface area contributed by atoms with Gasteiger partial charge in [-0.2, -0.15) is 0 Å². The van der Waals surface area contributed by atoms with Gasteiger partial charge in [0.2, 0.25) is 5.91 Å². The summed E-state index contributed by atoms with van der Waals surface area (Å²) in [4.78, 5) is 22.6. The summed E-state index contributed by atoms with van der Waals surface area (Å²) in [6, 6.07) is -0.930. The number of hydrogen-bond acceptors (Lipinski definition) is 6. The lowest BCUT2D eigenvalue weighted by atomic mass is 10.1. The molecule has 5 N–H and O–H groups in total.